The Labute approximate surface area is 236 Å². The van der Waals surface area contributed by atoms with Gasteiger partial charge in [-0.3, -0.25) is 9.59 Å². The number of carbonyl (C=O) groups excluding carboxylic acids is 1. The van der Waals surface area contributed by atoms with E-state index >= 15 is 0 Å². The summed E-state index contributed by atoms with van der Waals surface area (Å²) in [5.41, 5.74) is 3.31. The monoisotopic (exact) mass is 565 g/mol. The number of ether oxygens (including phenoxy) is 2. The molecule has 0 bridgehead atoms. The zero-order valence-corrected chi connectivity index (χ0v) is 22.5. The summed E-state index contributed by atoms with van der Waals surface area (Å²) in [6.07, 6.45) is -0.362. The minimum atomic E-state index is -0.982. The molecule has 0 radical (unpaired) electrons. The molecule has 1 aliphatic rings. The highest BCUT2D eigenvalue weighted by Gasteiger charge is 2.32. The van der Waals surface area contributed by atoms with E-state index in [4.69, 9.17) is 14.6 Å². The van der Waals surface area contributed by atoms with E-state index in [-0.39, 0.29) is 49.5 Å². The van der Waals surface area contributed by atoms with Gasteiger partial charge in [-0.2, -0.15) is 0 Å². The minimum absolute atomic E-state index is 0.0533. The van der Waals surface area contributed by atoms with E-state index in [1.165, 1.54) is 11.8 Å². The van der Waals surface area contributed by atoms with E-state index in [1.807, 2.05) is 24.3 Å². The number of aliphatic hydroxyl groups is 1. The van der Waals surface area contributed by atoms with Crippen LogP contribution in [0.25, 0.3) is 0 Å². The zero-order chi connectivity index (χ0) is 28.5. The normalized spacial score (nSPS) is 18.7. The number of benzene rings is 3. The molecule has 3 aromatic rings. The summed E-state index contributed by atoms with van der Waals surface area (Å²) in [4.78, 5) is 35.1. The topological polar surface area (TPSA) is 142 Å². The molecule has 4 rings (SSSR count). The van der Waals surface area contributed by atoms with Crippen molar-refractivity contribution in [2.75, 3.05) is 11.1 Å². The fourth-order valence-corrected chi connectivity index (χ4v) is 5.39. The van der Waals surface area contributed by atoms with Crippen LogP contribution in [0.5, 0.6) is 0 Å². The van der Waals surface area contributed by atoms with Crippen LogP contribution in [0.3, 0.4) is 0 Å². The van der Waals surface area contributed by atoms with Crippen LogP contribution in [0.15, 0.2) is 77.7 Å². The van der Waals surface area contributed by atoms with Crippen LogP contribution in [0.2, 0.25) is 0 Å². The van der Waals surface area contributed by atoms with Crippen molar-refractivity contribution in [2.24, 2.45) is 0 Å². The predicted molar refractivity (Wildman–Crippen MR) is 149 cm³/mol. The molecule has 0 spiro atoms. The molecule has 1 fully saturated rings. The van der Waals surface area contributed by atoms with Crippen molar-refractivity contribution in [3.05, 3.63) is 95.1 Å². The number of aliphatic hydroxyl groups excluding tert-OH is 1. The lowest BCUT2D eigenvalue weighted by molar-refractivity contribution is -0.245. The molecule has 0 saturated carbocycles. The van der Waals surface area contributed by atoms with Gasteiger partial charge in [0.1, 0.15) is 0 Å². The summed E-state index contributed by atoms with van der Waals surface area (Å²) in [5.74, 6) is -1.66. The van der Waals surface area contributed by atoms with Gasteiger partial charge >= 0.3 is 11.9 Å². The van der Waals surface area contributed by atoms with Gasteiger partial charge in [0.15, 0.2) is 6.29 Å². The highest BCUT2D eigenvalue weighted by atomic mass is 32.2. The lowest BCUT2D eigenvalue weighted by atomic mass is 10.0. The third kappa shape index (κ3) is 8.15. The number of aromatic carboxylic acids is 1. The average molecular weight is 566 g/mol. The Kier molecular flexibility index (Phi) is 10.3. The van der Waals surface area contributed by atoms with Gasteiger partial charge in [-0.25, -0.2) is 4.79 Å². The van der Waals surface area contributed by atoms with Gasteiger partial charge in [0.25, 0.3) is 0 Å². The highest BCUT2D eigenvalue weighted by molar-refractivity contribution is 7.99. The number of aliphatic carboxylic acids is 1. The second kappa shape index (κ2) is 14.1. The van der Waals surface area contributed by atoms with E-state index in [0.29, 0.717) is 22.8 Å². The number of carboxylic acid groups (broad SMARTS) is 2. The lowest BCUT2D eigenvalue weighted by Gasteiger charge is -2.36. The van der Waals surface area contributed by atoms with Crippen LogP contribution in [0.4, 0.5) is 5.69 Å². The molecule has 9 nitrogen and oxygen atoms in total. The van der Waals surface area contributed by atoms with Crippen LogP contribution in [0, 0.1) is 0 Å². The maximum absolute atomic E-state index is 12.1. The first kappa shape index (κ1) is 29.3. The zero-order valence-electron chi connectivity index (χ0n) is 21.7. The molecule has 1 heterocycles. The molecule has 0 aliphatic carbocycles. The average Bonchev–Trinajstić information content (AvgIpc) is 2.96. The molecular formula is C30H31NO8S. The molecule has 40 heavy (non-hydrogen) atoms. The number of nitrogens with one attached hydrogen (secondary N) is 1. The standard InChI is InChI=1S/C30H31NO8S/c32-17-19-8-10-20(11-9-19)25-16-23(18-40-26-5-2-1-4-24(26)29(36)37)38-30(39-25)21-12-14-22(15-13-21)31-27(33)6-3-7-28(34)35/h1-2,4-5,8-15,23,25,30,32H,3,6-7,16-18H2,(H,31,33)(H,34,35)(H,36,37). The Hall–Kier alpha value is -3.70. The van der Waals surface area contributed by atoms with Crippen LogP contribution < -0.4 is 5.32 Å². The van der Waals surface area contributed by atoms with Gasteiger partial charge < -0.3 is 30.1 Å². The first-order chi connectivity index (χ1) is 19.3. The van der Waals surface area contributed by atoms with E-state index in [1.54, 1.807) is 48.5 Å². The summed E-state index contributed by atoms with van der Waals surface area (Å²) in [6.45, 7) is -0.0533. The molecule has 210 valence electrons. The van der Waals surface area contributed by atoms with Gasteiger partial charge in [0.2, 0.25) is 5.91 Å². The van der Waals surface area contributed by atoms with Crippen molar-refractivity contribution in [3.8, 4) is 0 Å². The van der Waals surface area contributed by atoms with Crippen molar-refractivity contribution in [1.29, 1.82) is 0 Å². The summed E-state index contributed by atoms with van der Waals surface area (Å²) in [5, 5.41) is 30.5. The number of thioether (sulfide) groups is 1. The van der Waals surface area contributed by atoms with Crippen molar-refractivity contribution >= 4 is 35.3 Å². The van der Waals surface area contributed by atoms with Crippen molar-refractivity contribution in [2.45, 2.75) is 55.7 Å². The number of hydrogen-bond acceptors (Lipinski definition) is 7. The van der Waals surface area contributed by atoms with E-state index in [0.717, 1.165) is 16.7 Å². The second-order valence-corrected chi connectivity index (χ2v) is 10.4. The Morgan fingerprint density at radius 3 is 2.25 bits per heavy atom. The largest absolute Gasteiger partial charge is 0.481 e. The number of amides is 1. The Morgan fingerprint density at radius 2 is 1.57 bits per heavy atom. The number of anilines is 1. The lowest BCUT2D eigenvalue weighted by Crippen LogP contribution is -2.31. The maximum Gasteiger partial charge on any atom is 0.336 e. The molecule has 3 aromatic carbocycles. The Bertz CT molecular complexity index is 1310. The van der Waals surface area contributed by atoms with Crippen LogP contribution in [-0.2, 0) is 25.7 Å². The van der Waals surface area contributed by atoms with Gasteiger partial charge in [0, 0.05) is 41.2 Å². The predicted octanol–water partition coefficient (Wildman–Crippen LogP) is 5.41. The smallest absolute Gasteiger partial charge is 0.336 e. The third-order valence-corrected chi connectivity index (χ3v) is 7.62. The minimum Gasteiger partial charge on any atom is -0.481 e. The fraction of sp³-hybridized carbons (Fsp3) is 0.300. The fourth-order valence-electron chi connectivity index (χ4n) is 4.32. The molecule has 3 atom stereocenters. The molecule has 4 N–H and O–H groups in total. The molecular weight excluding hydrogens is 534 g/mol. The Morgan fingerprint density at radius 1 is 0.875 bits per heavy atom. The van der Waals surface area contributed by atoms with E-state index in [9.17, 15) is 24.6 Å². The van der Waals surface area contributed by atoms with Gasteiger partial charge in [-0.15, -0.1) is 11.8 Å². The molecule has 3 unspecified atom stereocenters. The van der Waals surface area contributed by atoms with E-state index in [2.05, 4.69) is 5.32 Å². The Balaban J connectivity index is 1.47. The van der Waals surface area contributed by atoms with Gasteiger partial charge in [-0.1, -0.05) is 48.5 Å². The molecule has 0 aromatic heterocycles. The first-order valence-electron chi connectivity index (χ1n) is 12.9. The number of hydrogen-bond donors (Lipinski definition) is 4. The van der Waals surface area contributed by atoms with Crippen LogP contribution >= 0.6 is 11.8 Å². The molecule has 1 amide bonds. The highest BCUT2D eigenvalue weighted by Crippen LogP contribution is 2.40. The number of carbonyl (C=O) groups is 3. The van der Waals surface area contributed by atoms with Gasteiger partial charge in [-0.05, 0) is 41.8 Å². The van der Waals surface area contributed by atoms with Crippen molar-refractivity contribution in [1.82, 2.24) is 0 Å². The van der Waals surface area contributed by atoms with Crippen molar-refractivity contribution in [3.63, 3.8) is 0 Å². The van der Waals surface area contributed by atoms with Crippen LogP contribution in [0.1, 0.15) is 65.1 Å². The van der Waals surface area contributed by atoms with E-state index < -0.39 is 18.2 Å². The summed E-state index contributed by atoms with van der Waals surface area (Å²) >= 11 is 1.42. The number of carboxylic acids is 2. The quantitative estimate of drug-likeness (QED) is 0.212. The summed E-state index contributed by atoms with van der Waals surface area (Å²) in [6, 6.07) is 21.5. The molecule has 1 saturated heterocycles. The summed E-state index contributed by atoms with van der Waals surface area (Å²) < 4.78 is 12.7. The van der Waals surface area contributed by atoms with Crippen molar-refractivity contribution < 1.29 is 39.2 Å². The number of rotatable bonds is 12. The first-order valence-corrected chi connectivity index (χ1v) is 13.9. The third-order valence-electron chi connectivity index (χ3n) is 6.42. The summed E-state index contributed by atoms with van der Waals surface area (Å²) in [7, 11) is 0. The van der Waals surface area contributed by atoms with Crippen LogP contribution in [-0.4, -0.2) is 45.0 Å². The molecule has 1 aliphatic heterocycles. The van der Waals surface area contributed by atoms with Gasteiger partial charge in [0.05, 0.1) is 24.4 Å². The second-order valence-electron chi connectivity index (χ2n) is 9.38. The SMILES string of the molecule is O=C(O)CCCC(=O)Nc1ccc(C2OC(CSc3ccccc3C(=O)O)CC(c3ccc(CO)cc3)O2)cc1. The molecule has 10 heteroatoms. The maximum atomic E-state index is 12.1.